The molecule has 1 aliphatic rings. The molecule has 1 rings (SSSR count). The number of rotatable bonds is 5. The minimum atomic E-state index is -1.03. The van der Waals surface area contributed by atoms with Crippen LogP contribution in [-0.4, -0.2) is 40.8 Å². The number of hydrogen-bond donors (Lipinski definition) is 3. The van der Waals surface area contributed by atoms with Crippen LogP contribution in [0.3, 0.4) is 0 Å². The third-order valence-electron chi connectivity index (χ3n) is 3.81. The number of carboxylic acids is 1. The lowest BCUT2D eigenvalue weighted by Crippen LogP contribution is -2.53. The normalized spacial score (nSPS) is 18.6. The van der Waals surface area contributed by atoms with Crippen molar-refractivity contribution in [2.45, 2.75) is 77.5 Å². The van der Waals surface area contributed by atoms with Crippen molar-refractivity contribution in [1.82, 2.24) is 10.6 Å². The number of ether oxygens (including phenoxy) is 1. The van der Waals surface area contributed by atoms with Gasteiger partial charge in [-0.15, -0.1) is 0 Å². The minimum absolute atomic E-state index is 0.0565. The second kappa shape index (κ2) is 8.17. The third kappa shape index (κ3) is 6.88. The summed E-state index contributed by atoms with van der Waals surface area (Å²) in [7, 11) is 0. The van der Waals surface area contributed by atoms with E-state index in [2.05, 4.69) is 10.6 Å². The fourth-order valence-corrected chi connectivity index (χ4v) is 2.68. The number of hydrogen-bond acceptors (Lipinski definition) is 4. The van der Waals surface area contributed by atoms with Gasteiger partial charge in [0, 0.05) is 0 Å². The Bertz CT molecular complexity index is 438. The lowest BCUT2D eigenvalue weighted by Gasteiger charge is -2.29. The van der Waals surface area contributed by atoms with Crippen molar-refractivity contribution < 1.29 is 24.2 Å². The van der Waals surface area contributed by atoms with E-state index < -0.39 is 35.7 Å². The van der Waals surface area contributed by atoms with Gasteiger partial charge in [0.25, 0.3) is 0 Å². The Morgan fingerprint density at radius 1 is 1.09 bits per heavy atom. The summed E-state index contributed by atoms with van der Waals surface area (Å²) in [6.45, 7) is 6.67. The Balaban J connectivity index is 2.57. The molecule has 3 N–H and O–H groups in total. The van der Waals surface area contributed by atoms with E-state index in [4.69, 9.17) is 4.74 Å². The predicted molar refractivity (Wildman–Crippen MR) is 85.0 cm³/mol. The van der Waals surface area contributed by atoms with Gasteiger partial charge in [0.15, 0.2) is 0 Å². The lowest BCUT2D eigenvalue weighted by molar-refractivity contribution is -0.144. The molecular weight excluding hydrogens is 300 g/mol. The molecule has 0 heterocycles. The highest BCUT2D eigenvalue weighted by molar-refractivity contribution is 5.89. The van der Waals surface area contributed by atoms with E-state index in [9.17, 15) is 19.5 Å². The number of nitrogens with one attached hydrogen (secondary N) is 2. The molecule has 0 bridgehead atoms. The number of carboxylic acid groups (broad SMARTS) is 1. The van der Waals surface area contributed by atoms with Crippen molar-refractivity contribution in [1.29, 1.82) is 0 Å². The zero-order chi connectivity index (χ0) is 17.6. The molecule has 0 aromatic heterocycles. The number of carbonyl (C=O) groups is 3. The molecule has 1 saturated carbocycles. The van der Waals surface area contributed by atoms with Crippen molar-refractivity contribution in [3.05, 3.63) is 0 Å². The first-order valence-corrected chi connectivity index (χ1v) is 8.13. The van der Waals surface area contributed by atoms with Gasteiger partial charge in [0.2, 0.25) is 5.91 Å². The molecule has 0 aromatic carbocycles. The maximum atomic E-state index is 12.2. The van der Waals surface area contributed by atoms with Crippen LogP contribution >= 0.6 is 0 Å². The summed E-state index contributed by atoms with van der Waals surface area (Å²) >= 11 is 0. The fourth-order valence-electron chi connectivity index (χ4n) is 2.68. The van der Waals surface area contributed by atoms with E-state index in [0.717, 1.165) is 32.1 Å². The molecular formula is C16H28N2O5. The van der Waals surface area contributed by atoms with Crippen molar-refractivity contribution in [2.75, 3.05) is 0 Å². The summed E-state index contributed by atoms with van der Waals surface area (Å²) in [4.78, 5) is 35.3. The molecule has 23 heavy (non-hydrogen) atoms. The van der Waals surface area contributed by atoms with Gasteiger partial charge in [-0.25, -0.2) is 9.59 Å². The standard InChI is InChI=1S/C16H28N2O5/c1-10(17-15(22)23-16(2,3)4)13(19)18-12(14(20)21)11-8-6-5-7-9-11/h10-12H,5-9H2,1-4H3,(H,17,22)(H,18,19)(H,20,21)/t10?,12-/m0/s1. The monoisotopic (exact) mass is 328 g/mol. The summed E-state index contributed by atoms with van der Waals surface area (Å²) in [5.74, 6) is -1.61. The van der Waals surface area contributed by atoms with E-state index in [-0.39, 0.29) is 5.92 Å². The average Bonchev–Trinajstić information content (AvgIpc) is 2.42. The van der Waals surface area contributed by atoms with Gasteiger partial charge in [0.1, 0.15) is 17.7 Å². The quantitative estimate of drug-likeness (QED) is 0.716. The van der Waals surface area contributed by atoms with Crippen LogP contribution in [-0.2, 0) is 14.3 Å². The van der Waals surface area contributed by atoms with Crippen molar-refractivity contribution >= 4 is 18.0 Å². The van der Waals surface area contributed by atoms with E-state index >= 15 is 0 Å². The van der Waals surface area contributed by atoms with Crippen LogP contribution < -0.4 is 10.6 Å². The minimum Gasteiger partial charge on any atom is -0.480 e. The predicted octanol–water partition coefficient (Wildman–Crippen LogP) is 2.05. The van der Waals surface area contributed by atoms with Crippen LogP contribution in [0, 0.1) is 5.92 Å². The molecule has 7 nitrogen and oxygen atoms in total. The highest BCUT2D eigenvalue weighted by Crippen LogP contribution is 2.26. The molecule has 0 radical (unpaired) electrons. The first-order valence-electron chi connectivity index (χ1n) is 8.13. The van der Waals surface area contributed by atoms with E-state index in [1.165, 1.54) is 6.92 Å². The number of carbonyl (C=O) groups excluding carboxylic acids is 2. The van der Waals surface area contributed by atoms with Crippen molar-refractivity contribution in [3.63, 3.8) is 0 Å². The Hall–Kier alpha value is -1.79. The number of alkyl carbamates (subject to hydrolysis) is 1. The smallest absolute Gasteiger partial charge is 0.408 e. The van der Waals surface area contributed by atoms with Crippen LogP contribution in [0.15, 0.2) is 0 Å². The first-order chi connectivity index (χ1) is 10.6. The highest BCUT2D eigenvalue weighted by atomic mass is 16.6. The topological polar surface area (TPSA) is 105 Å². The highest BCUT2D eigenvalue weighted by Gasteiger charge is 2.32. The third-order valence-corrected chi connectivity index (χ3v) is 3.81. The van der Waals surface area contributed by atoms with Crippen molar-refractivity contribution in [2.24, 2.45) is 5.92 Å². The van der Waals surface area contributed by atoms with Gasteiger partial charge < -0.3 is 20.5 Å². The van der Waals surface area contributed by atoms with Crippen LogP contribution in [0.4, 0.5) is 4.79 Å². The van der Waals surface area contributed by atoms with Crippen molar-refractivity contribution in [3.8, 4) is 0 Å². The summed E-state index contributed by atoms with van der Waals surface area (Å²) in [6, 6.07) is -1.78. The Morgan fingerprint density at radius 2 is 1.65 bits per heavy atom. The van der Waals surface area contributed by atoms with E-state index in [1.807, 2.05) is 0 Å². The van der Waals surface area contributed by atoms with Crippen LogP contribution in [0.25, 0.3) is 0 Å². The molecule has 0 spiro atoms. The van der Waals surface area contributed by atoms with Gasteiger partial charge in [-0.2, -0.15) is 0 Å². The van der Waals surface area contributed by atoms with Gasteiger partial charge in [-0.05, 0) is 46.5 Å². The zero-order valence-corrected chi connectivity index (χ0v) is 14.3. The zero-order valence-electron chi connectivity index (χ0n) is 14.3. The summed E-state index contributed by atoms with van der Waals surface area (Å²) in [5.41, 5.74) is -0.661. The second-order valence-corrected chi connectivity index (χ2v) is 7.09. The molecule has 7 heteroatoms. The molecule has 1 aliphatic carbocycles. The Kier molecular flexibility index (Phi) is 6.84. The molecule has 1 unspecified atom stereocenters. The number of amides is 2. The number of aliphatic carboxylic acids is 1. The molecule has 2 atom stereocenters. The van der Waals surface area contributed by atoms with Crippen LogP contribution in [0.2, 0.25) is 0 Å². The molecule has 0 saturated heterocycles. The van der Waals surface area contributed by atoms with E-state index in [0.29, 0.717) is 0 Å². The second-order valence-electron chi connectivity index (χ2n) is 7.09. The van der Waals surface area contributed by atoms with Crippen LogP contribution in [0.5, 0.6) is 0 Å². The van der Waals surface area contributed by atoms with Gasteiger partial charge in [0.05, 0.1) is 0 Å². The molecule has 0 aromatic rings. The average molecular weight is 328 g/mol. The Morgan fingerprint density at radius 3 is 2.13 bits per heavy atom. The molecule has 1 fully saturated rings. The maximum absolute atomic E-state index is 12.2. The maximum Gasteiger partial charge on any atom is 0.408 e. The summed E-state index contributed by atoms with van der Waals surface area (Å²) in [6.07, 6.45) is 3.96. The Labute approximate surface area is 137 Å². The molecule has 0 aliphatic heterocycles. The SMILES string of the molecule is CC(NC(=O)OC(C)(C)C)C(=O)N[C@H](C(=O)O)C1CCCCC1. The van der Waals surface area contributed by atoms with Gasteiger partial charge in [-0.1, -0.05) is 19.3 Å². The molecule has 132 valence electrons. The lowest BCUT2D eigenvalue weighted by atomic mass is 9.84. The van der Waals surface area contributed by atoms with Crippen LogP contribution in [0.1, 0.15) is 59.8 Å². The summed E-state index contributed by atoms with van der Waals surface area (Å²) in [5, 5.41) is 14.3. The van der Waals surface area contributed by atoms with E-state index in [1.54, 1.807) is 20.8 Å². The van der Waals surface area contributed by atoms with Gasteiger partial charge in [-0.3, -0.25) is 4.79 Å². The largest absolute Gasteiger partial charge is 0.480 e. The summed E-state index contributed by atoms with van der Waals surface area (Å²) < 4.78 is 5.08. The molecule has 2 amide bonds. The van der Waals surface area contributed by atoms with Gasteiger partial charge >= 0.3 is 12.1 Å². The first kappa shape index (κ1) is 19.3. The fraction of sp³-hybridized carbons (Fsp3) is 0.812.